The summed E-state index contributed by atoms with van der Waals surface area (Å²) in [6.07, 6.45) is 0. The molecule has 0 bridgehead atoms. The van der Waals surface area contributed by atoms with Crippen LogP contribution in [0.2, 0.25) is 0 Å². The fourth-order valence-electron chi connectivity index (χ4n) is 0.522. The quantitative estimate of drug-likeness (QED) is 0.481. The fourth-order valence-corrected chi connectivity index (χ4v) is 9.20. The standard InChI is InChI=1S/O8Si8/c9-1-13-5-14(2-10)7-16(4-12)8-15(3-11)6-13. The molecule has 1 heterocycles. The van der Waals surface area contributed by atoms with E-state index in [0.29, 0.717) is 0 Å². The lowest BCUT2D eigenvalue weighted by Gasteiger charge is -2.26. The fraction of sp³-hybridized carbons (Fsp3) is 0. The van der Waals surface area contributed by atoms with Gasteiger partial charge in [-0.25, -0.2) is 0 Å². The van der Waals surface area contributed by atoms with E-state index in [1.165, 1.54) is 0 Å². The molecule has 1 aliphatic rings. The second kappa shape index (κ2) is 8.51. The van der Waals surface area contributed by atoms with Crippen LogP contribution in [0.4, 0.5) is 0 Å². The van der Waals surface area contributed by atoms with Crippen molar-refractivity contribution >= 4 is 80.1 Å². The maximum atomic E-state index is 5.24. The van der Waals surface area contributed by atoms with E-state index in [9.17, 15) is 0 Å². The van der Waals surface area contributed by atoms with Crippen LogP contribution >= 0.6 is 0 Å². The van der Waals surface area contributed by atoms with Crippen molar-refractivity contribution in [3.05, 3.63) is 0 Å². The smallest absolute Gasteiger partial charge is 0.414 e. The van der Waals surface area contributed by atoms with Gasteiger partial charge in [0.05, 0.1) is 0 Å². The second-order valence-corrected chi connectivity index (χ2v) is 10.3. The Morgan fingerprint density at radius 3 is 0.812 bits per heavy atom. The molecule has 16 radical (unpaired) electrons. The van der Waals surface area contributed by atoms with Gasteiger partial charge in [0, 0.05) is 0 Å². The minimum Gasteiger partial charge on any atom is -0.414 e. The summed E-state index contributed by atoms with van der Waals surface area (Å²) in [6.45, 7) is 0. The highest BCUT2D eigenvalue weighted by Crippen LogP contribution is 2.08. The van der Waals surface area contributed by atoms with Gasteiger partial charge in [-0.05, 0) is 0 Å². The summed E-state index contributed by atoms with van der Waals surface area (Å²) in [5.74, 6) is 0. The van der Waals surface area contributed by atoms with Crippen LogP contribution in [0.15, 0.2) is 0 Å². The molecule has 1 rings (SSSR count). The summed E-state index contributed by atoms with van der Waals surface area (Å²) in [4.78, 5) is 0. The van der Waals surface area contributed by atoms with Gasteiger partial charge in [0.25, 0.3) is 0 Å². The van der Waals surface area contributed by atoms with Crippen LogP contribution in [0.3, 0.4) is 0 Å². The minimum absolute atomic E-state index is 2.11. The zero-order valence-electron chi connectivity index (χ0n) is 7.27. The number of hydrogen-bond donors (Lipinski definition) is 0. The predicted octanol–water partition coefficient (Wildman–Crippen LogP) is -3.59. The molecular formula is O8Si8. The Kier molecular flexibility index (Phi) is 8.22. The van der Waals surface area contributed by atoms with Crippen LogP contribution in [0, 0.1) is 0 Å². The highest BCUT2D eigenvalue weighted by Gasteiger charge is 2.42. The first kappa shape index (κ1) is 15.5. The molecule has 0 saturated carbocycles. The molecule has 1 aliphatic heterocycles. The largest absolute Gasteiger partial charge is 0.550 e. The van der Waals surface area contributed by atoms with Gasteiger partial charge in [0.2, 0.25) is 41.9 Å². The topological polar surface area (TPSA) is 73.8 Å². The summed E-state index contributed by atoms with van der Waals surface area (Å²) in [6, 6.07) is 0. The predicted molar refractivity (Wildman–Crippen MR) is 54.7 cm³/mol. The van der Waals surface area contributed by atoms with E-state index in [2.05, 4.69) is 41.9 Å². The van der Waals surface area contributed by atoms with E-state index >= 15 is 0 Å². The molecule has 1 fully saturated rings. The Labute approximate surface area is 113 Å². The average molecular weight is 353 g/mol. The lowest BCUT2D eigenvalue weighted by atomic mass is 15.6. The molecule has 80 valence electrons. The molecule has 0 unspecified atom stereocenters. The van der Waals surface area contributed by atoms with E-state index in [-0.39, 0.29) is 0 Å². The number of rotatable bonds is 4. The maximum Gasteiger partial charge on any atom is 0.550 e. The Morgan fingerprint density at radius 1 is 0.500 bits per heavy atom. The molecule has 16 heavy (non-hydrogen) atoms. The van der Waals surface area contributed by atoms with E-state index in [0.717, 1.165) is 0 Å². The third-order valence-corrected chi connectivity index (χ3v) is 9.00. The van der Waals surface area contributed by atoms with Crippen molar-refractivity contribution < 1.29 is 32.9 Å². The number of hydrogen-bond acceptors (Lipinski definition) is 8. The average Bonchev–Trinajstić information content (AvgIpc) is 2.29. The molecule has 0 amide bonds. The Morgan fingerprint density at radius 2 is 0.688 bits per heavy atom. The zero-order valence-corrected chi connectivity index (χ0v) is 15.3. The zero-order chi connectivity index (χ0) is 12.0. The molecule has 0 atom stereocenters. The molecule has 1 saturated heterocycles. The molecule has 8 nitrogen and oxygen atoms in total. The van der Waals surface area contributed by atoms with Crippen LogP contribution in [0.5, 0.6) is 0 Å². The first-order valence-corrected chi connectivity index (χ1v) is 9.80. The summed E-state index contributed by atoms with van der Waals surface area (Å²) >= 11 is 0. The second-order valence-electron chi connectivity index (χ2n) is 1.82. The van der Waals surface area contributed by atoms with Gasteiger partial charge in [-0.2, -0.15) is 0 Å². The van der Waals surface area contributed by atoms with E-state index in [1.807, 2.05) is 0 Å². The van der Waals surface area contributed by atoms with Crippen LogP contribution in [-0.2, 0) is 32.9 Å². The van der Waals surface area contributed by atoms with Crippen molar-refractivity contribution in [1.82, 2.24) is 0 Å². The highest BCUT2D eigenvalue weighted by atomic mass is 28.5. The molecule has 0 aromatic rings. The molecule has 0 spiro atoms. The van der Waals surface area contributed by atoms with Crippen molar-refractivity contribution in [1.29, 1.82) is 0 Å². The SMILES string of the molecule is [Si]O[Si]1O[Si](O[Si])O[Si](O[Si])O[Si](O[Si])O1. The molecule has 0 N–H and O–H groups in total. The summed E-state index contributed by atoms with van der Waals surface area (Å²) in [5, 5.41) is 0. The van der Waals surface area contributed by atoms with Gasteiger partial charge in [0.1, 0.15) is 0 Å². The highest BCUT2D eigenvalue weighted by molar-refractivity contribution is 6.70. The van der Waals surface area contributed by atoms with Gasteiger partial charge < -0.3 is 32.9 Å². The van der Waals surface area contributed by atoms with Crippen LogP contribution < -0.4 is 0 Å². The normalized spacial score (nSPS) is 23.2. The van der Waals surface area contributed by atoms with Gasteiger partial charge >= 0.3 is 38.1 Å². The minimum atomic E-state index is -2.11. The van der Waals surface area contributed by atoms with Gasteiger partial charge in [0.15, 0.2) is 0 Å². The van der Waals surface area contributed by atoms with Gasteiger partial charge in [-0.1, -0.05) is 0 Å². The third-order valence-electron chi connectivity index (χ3n) is 1.000. The Balaban J connectivity index is 2.61. The van der Waals surface area contributed by atoms with Crippen molar-refractivity contribution in [2.45, 2.75) is 0 Å². The molecule has 0 aromatic heterocycles. The lowest BCUT2D eigenvalue weighted by Crippen LogP contribution is -2.52. The van der Waals surface area contributed by atoms with Crippen LogP contribution in [0.25, 0.3) is 0 Å². The Bertz CT molecular complexity index is 141. The lowest BCUT2D eigenvalue weighted by molar-refractivity contribution is 0.154. The van der Waals surface area contributed by atoms with E-state index in [4.69, 9.17) is 32.9 Å². The first-order chi connectivity index (χ1) is 7.73. The summed E-state index contributed by atoms with van der Waals surface area (Å²) in [5.41, 5.74) is 0. The molecule has 0 aromatic carbocycles. The summed E-state index contributed by atoms with van der Waals surface area (Å²) < 4.78 is 40.0. The molecule has 0 aliphatic carbocycles. The van der Waals surface area contributed by atoms with Gasteiger partial charge in [-0.3, -0.25) is 0 Å². The van der Waals surface area contributed by atoms with Crippen LogP contribution in [0.1, 0.15) is 0 Å². The van der Waals surface area contributed by atoms with Gasteiger partial charge in [-0.15, -0.1) is 0 Å². The van der Waals surface area contributed by atoms with Crippen molar-refractivity contribution in [3.63, 3.8) is 0 Å². The van der Waals surface area contributed by atoms with Crippen LogP contribution in [-0.4, -0.2) is 80.1 Å². The first-order valence-electron chi connectivity index (χ1n) is 3.27. The Hall–Kier alpha value is 1.42. The van der Waals surface area contributed by atoms with Crippen molar-refractivity contribution in [2.75, 3.05) is 0 Å². The maximum absolute atomic E-state index is 5.24. The molecule has 16 heteroatoms. The van der Waals surface area contributed by atoms with Crippen molar-refractivity contribution in [3.8, 4) is 0 Å². The van der Waals surface area contributed by atoms with E-state index < -0.39 is 38.1 Å². The monoisotopic (exact) mass is 352 g/mol. The molecular weight excluding hydrogens is 353 g/mol. The van der Waals surface area contributed by atoms with Crippen molar-refractivity contribution in [2.24, 2.45) is 0 Å². The third kappa shape index (κ3) is 4.96. The van der Waals surface area contributed by atoms with E-state index in [1.54, 1.807) is 0 Å². The summed E-state index contributed by atoms with van der Waals surface area (Å²) in [7, 11) is 2.78.